The van der Waals surface area contributed by atoms with Gasteiger partial charge in [-0.2, -0.15) is 0 Å². The van der Waals surface area contributed by atoms with E-state index in [1.165, 1.54) is 5.56 Å². The number of nitrogens with one attached hydrogen (secondary N) is 1. The molecule has 3 heteroatoms. The van der Waals surface area contributed by atoms with Crippen LogP contribution in [0.3, 0.4) is 0 Å². The predicted octanol–water partition coefficient (Wildman–Crippen LogP) is 2.77. The van der Waals surface area contributed by atoms with Crippen LogP contribution in [0.4, 0.5) is 0 Å². The van der Waals surface area contributed by atoms with E-state index >= 15 is 0 Å². The molecule has 0 saturated heterocycles. The average Bonchev–Trinajstić information content (AvgIpc) is 2.74. The normalized spacial score (nSPS) is 20.2. The van der Waals surface area contributed by atoms with Gasteiger partial charge < -0.3 is 10.1 Å². The summed E-state index contributed by atoms with van der Waals surface area (Å²) < 4.78 is 5.64. The van der Waals surface area contributed by atoms with E-state index in [1.54, 1.807) is 0 Å². The second-order valence-electron chi connectivity index (χ2n) is 4.21. The van der Waals surface area contributed by atoms with Crippen LogP contribution in [-0.4, -0.2) is 25.1 Å². The Hall–Kier alpha value is -0.730. The van der Waals surface area contributed by atoms with Gasteiger partial charge in [0.2, 0.25) is 0 Å². The van der Waals surface area contributed by atoms with Crippen molar-refractivity contribution in [3.63, 3.8) is 0 Å². The van der Waals surface area contributed by atoms with Crippen molar-refractivity contribution < 1.29 is 4.74 Å². The lowest BCUT2D eigenvalue weighted by Crippen LogP contribution is -2.33. The molecule has 2 rings (SSSR count). The molecule has 2 nitrogen and oxygen atoms in total. The van der Waals surface area contributed by atoms with Crippen LogP contribution in [0.2, 0.25) is 0 Å². The van der Waals surface area contributed by atoms with Gasteiger partial charge in [-0.25, -0.2) is 0 Å². The molecule has 0 saturated carbocycles. The Bertz CT molecular complexity index is 338. The van der Waals surface area contributed by atoms with Crippen molar-refractivity contribution in [3.05, 3.63) is 29.8 Å². The number of alkyl halides is 1. The number of para-hydroxylation sites is 1. The zero-order chi connectivity index (χ0) is 11.4. The largest absolute Gasteiger partial charge is 0.493 e. The highest BCUT2D eigenvalue weighted by Crippen LogP contribution is 2.32. The Balaban J connectivity index is 1.93. The van der Waals surface area contributed by atoms with E-state index in [0.717, 1.165) is 25.3 Å². The van der Waals surface area contributed by atoms with Crippen molar-refractivity contribution in [3.8, 4) is 5.75 Å². The summed E-state index contributed by atoms with van der Waals surface area (Å²) in [7, 11) is 0. The molecule has 1 aliphatic heterocycles. The fourth-order valence-electron chi connectivity index (χ4n) is 2.02. The standard InChI is InChI=1S/C13H18ClNO/c1-2-11(7-14)15-8-10-9-16-13-6-4-3-5-12(10)13/h3-6,10-11,15H,2,7-9H2,1H3. The van der Waals surface area contributed by atoms with Crippen LogP contribution < -0.4 is 10.1 Å². The van der Waals surface area contributed by atoms with E-state index in [1.807, 2.05) is 12.1 Å². The van der Waals surface area contributed by atoms with Crippen LogP contribution in [0.25, 0.3) is 0 Å². The summed E-state index contributed by atoms with van der Waals surface area (Å²) in [5.74, 6) is 2.17. The van der Waals surface area contributed by atoms with Gasteiger partial charge in [-0.3, -0.25) is 0 Å². The molecule has 1 aromatic rings. The predicted molar refractivity (Wildman–Crippen MR) is 67.5 cm³/mol. The van der Waals surface area contributed by atoms with Crippen LogP contribution in [0.15, 0.2) is 24.3 Å². The van der Waals surface area contributed by atoms with Crippen LogP contribution in [0.5, 0.6) is 5.75 Å². The van der Waals surface area contributed by atoms with E-state index in [4.69, 9.17) is 16.3 Å². The molecule has 1 N–H and O–H groups in total. The first kappa shape index (κ1) is 11.7. The second-order valence-corrected chi connectivity index (χ2v) is 4.52. The van der Waals surface area contributed by atoms with E-state index < -0.39 is 0 Å². The molecule has 0 aromatic heterocycles. The van der Waals surface area contributed by atoms with Crippen molar-refractivity contribution in [1.82, 2.24) is 5.32 Å². The smallest absolute Gasteiger partial charge is 0.122 e. The van der Waals surface area contributed by atoms with E-state index in [0.29, 0.717) is 17.8 Å². The van der Waals surface area contributed by atoms with Crippen molar-refractivity contribution in [1.29, 1.82) is 0 Å². The van der Waals surface area contributed by atoms with Crippen molar-refractivity contribution in [2.24, 2.45) is 0 Å². The third-order valence-electron chi connectivity index (χ3n) is 3.13. The summed E-state index contributed by atoms with van der Waals surface area (Å²) in [6.07, 6.45) is 1.07. The Labute approximate surface area is 102 Å². The lowest BCUT2D eigenvalue weighted by Gasteiger charge is -2.16. The van der Waals surface area contributed by atoms with Crippen LogP contribution >= 0.6 is 11.6 Å². The van der Waals surface area contributed by atoms with Crippen molar-refractivity contribution in [2.45, 2.75) is 25.3 Å². The monoisotopic (exact) mass is 239 g/mol. The molecule has 88 valence electrons. The molecular formula is C13H18ClNO. The highest BCUT2D eigenvalue weighted by Gasteiger charge is 2.23. The third-order valence-corrected chi connectivity index (χ3v) is 3.50. The first-order chi connectivity index (χ1) is 7.85. The van der Waals surface area contributed by atoms with Gasteiger partial charge in [0, 0.05) is 29.9 Å². The Kier molecular flexibility index (Phi) is 4.08. The number of halogens is 1. The van der Waals surface area contributed by atoms with Gasteiger partial charge in [-0.05, 0) is 12.5 Å². The number of benzene rings is 1. The molecule has 1 heterocycles. The maximum atomic E-state index is 5.86. The number of ether oxygens (including phenoxy) is 1. The Morgan fingerprint density at radius 2 is 2.31 bits per heavy atom. The second kappa shape index (κ2) is 5.55. The lowest BCUT2D eigenvalue weighted by molar-refractivity contribution is 0.322. The van der Waals surface area contributed by atoms with Gasteiger partial charge in [0.15, 0.2) is 0 Å². The minimum atomic E-state index is 0.412. The Morgan fingerprint density at radius 3 is 3.06 bits per heavy atom. The zero-order valence-corrected chi connectivity index (χ0v) is 10.3. The minimum Gasteiger partial charge on any atom is -0.493 e. The number of hydrogen-bond acceptors (Lipinski definition) is 2. The average molecular weight is 240 g/mol. The van der Waals surface area contributed by atoms with Gasteiger partial charge >= 0.3 is 0 Å². The molecule has 0 bridgehead atoms. The number of hydrogen-bond donors (Lipinski definition) is 1. The quantitative estimate of drug-likeness (QED) is 0.798. The summed E-state index contributed by atoms with van der Waals surface area (Å²) >= 11 is 5.86. The molecule has 0 amide bonds. The molecule has 2 unspecified atom stereocenters. The summed E-state index contributed by atoms with van der Waals surface area (Å²) in [6.45, 7) is 3.88. The maximum Gasteiger partial charge on any atom is 0.122 e. The van der Waals surface area contributed by atoms with Gasteiger partial charge in [-0.15, -0.1) is 11.6 Å². The fourth-order valence-corrected chi connectivity index (χ4v) is 2.34. The van der Waals surface area contributed by atoms with E-state index in [-0.39, 0.29) is 0 Å². The zero-order valence-electron chi connectivity index (χ0n) is 9.58. The first-order valence-electron chi connectivity index (χ1n) is 5.86. The highest BCUT2D eigenvalue weighted by atomic mass is 35.5. The summed E-state index contributed by atoms with van der Waals surface area (Å²) in [4.78, 5) is 0. The summed E-state index contributed by atoms with van der Waals surface area (Å²) in [5.41, 5.74) is 1.32. The van der Waals surface area contributed by atoms with Crippen molar-refractivity contribution in [2.75, 3.05) is 19.0 Å². The molecule has 0 aliphatic carbocycles. The van der Waals surface area contributed by atoms with Gasteiger partial charge in [0.05, 0.1) is 6.61 Å². The van der Waals surface area contributed by atoms with Crippen LogP contribution in [0.1, 0.15) is 24.8 Å². The lowest BCUT2D eigenvalue weighted by atomic mass is 10.0. The topological polar surface area (TPSA) is 21.3 Å². The fraction of sp³-hybridized carbons (Fsp3) is 0.538. The van der Waals surface area contributed by atoms with Gasteiger partial charge in [0.25, 0.3) is 0 Å². The SMILES string of the molecule is CCC(CCl)NCC1COc2ccccc21. The third kappa shape index (κ3) is 2.50. The summed E-state index contributed by atoms with van der Waals surface area (Å²) in [6, 6.07) is 8.68. The van der Waals surface area contributed by atoms with Crippen LogP contribution in [-0.2, 0) is 0 Å². The highest BCUT2D eigenvalue weighted by molar-refractivity contribution is 6.18. The molecule has 16 heavy (non-hydrogen) atoms. The minimum absolute atomic E-state index is 0.412. The molecule has 0 fully saturated rings. The molecule has 0 radical (unpaired) electrons. The molecule has 2 atom stereocenters. The number of fused-ring (bicyclic) bond motifs is 1. The van der Waals surface area contributed by atoms with Crippen molar-refractivity contribution >= 4 is 11.6 Å². The maximum absolute atomic E-state index is 5.86. The Morgan fingerprint density at radius 1 is 1.50 bits per heavy atom. The van der Waals surface area contributed by atoms with Gasteiger partial charge in [-0.1, -0.05) is 25.1 Å². The molecule has 0 spiro atoms. The van der Waals surface area contributed by atoms with E-state index in [9.17, 15) is 0 Å². The van der Waals surface area contributed by atoms with Gasteiger partial charge in [0.1, 0.15) is 5.75 Å². The molecular weight excluding hydrogens is 222 g/mol. The number of rotatable bonds is 5. The molecule has 1 aliphatic rings. The van der Waals surface area contributed by atoms with Crippen LogP contribution in [0, 0.1) is 0 Å². The summed E-state index contributed by atoms with van der Waals surface area (Å²) in [5, 5.41) is 3.49. The first-order valence-corrected chi connectivity index (χ1v) is 6.39. The molecule has 1 aromatic carbocycles. The van der Waals surface area contributed by atoms with E-state index in [2.05, 4.69) is 24.4 Å².